The lowest BCUT2D eigenvalue weighted by molar-refractivity contribution is 0.591. The van der Waals surface area contributed by atoms with Gasteiger partial charge in [-0.05, 0) is 42.2 Å². The molecule has 0 fully saturated rings. The van der Waals surface area contributed by atoms with E-state index in [-0.39, 0.29) is 6.04 Å². The van der Waals surface area contributed by atoms with E-state index < -0.39 is 0 Å². The second-order valence-corrected chi connectivity index (χ2v) is 5.05. The molecule has 2 heterocycles. The number of para-hydroxylation sites is 1. The van der Waals surface area contributed by atoms with Gasteiger partial charge in [0.15, 0.2) is 0 Å². The average molecular weight is 253 g/mol. The highest BCUT2D eigenvalue weighted by Gasteiger charge is 2.21. The third-order valence-electron chi connectivity index (χ3n) is 3.81. The highest BCUT2D eigenvalue weighted by Crippen LogP contribution is 2.31. The standard InChI is InChI=1S/C16H19N3/c17-15-8-12-19(16-4-2-1-3-14(15)16)11-7-13-5-9-18-10-6-13/h1-6,9-10,15H,7-8,11-12,17H2. The largest absolute Gasteiger partial charge is 0.371 e. The zero-order chi connectivity index (χ0) is 13.1. The van der Waals surface area contributed by atoms with Gasteiger partial charge >= 0.3 is 0 Å². The van der Waals surface area contributed by atoms with E-state index in [1.54, 1.807) is 0 Å². The lowest BCUT2D eigenvalue weighted by Gasteiger charge is -2.34. The third-order valence-corrected chi connectivity index (χ3v) is 3.81. The number of anilines is 1. The Morgan fingerprint density at radius 3 is 2.79 bits per heavy atom. The Labute approximate surface area is 114 Å². The summed E-state index contributed by atoms with van der Waals surface area (Å²) in [4.78, 5) is 6.50. The number of benzene rings is 1. The Kier molecular flexibility index (Phi) is 3.47. The Balaban J connectivity index is 1.74. The van der Waals surface area contributed by atoms with Gasteiger partial charge in [0.2, 0.25) is 0 Å². The Hall–Kier alpha value is -1.87. The number of rotatable bonds is 3. The van der Waals surface area contributed by atoms with Crippen LogP contribution in [0.3, 0.4) is 0 Å². The van der Waals surface area contributed by atoms with Crippen LogP contribution in [0.1, 0.15) is 23.6 Å². The highest BCUT2D eigenvalue weighted by molar-refractivity contribution is 5.56. The van der Waals surface area contributed by atoms with Gasteiger partial charge in [-0.3, -0.25) is 4.98 Å². The van der Waals surface area contributed by atoms with Crippen molar-refractivity contribution in [1.29, 1.82) is 0 Å². The maximum atomic E-state index is 6.18. The number of hydrogen-bond acceptors (Lipinski definition) is 3. The molecule has 3 heteroatoms. The molecule has 1 aliphatic heterocycles. The molecular weight excluding hydrogens is 234 g/mol. The van der Waals surface area contributed by atoms with E-state index in [4.69, 9.17) is 5.73 Å². The Bertz CT molecular complexity index is 539. The Morgan fingerprint density at radius 1 is 1.16 bits per heavy atom. The molecule has 1 aliphatic rings. The normalized spacial score (nSPS) is 18.2. The van der Waals surface area contributed by atoms with Gasteiger partial charge < -0.3 is 10.6 Å². The molecular formula is C16H19N3. The van der Waals surface area contributed by atoms with Crippen molar-refractivity contribution in [2.75, 3.05) is 18.0 Å². The van der Waals surface area contributed by atoms with Crippen LogP contribution in [0.5, 0.6) is 0 Å². The lowest BCUT2D eigenvalue weighted by atomic mass is 9.97. The molecule has 0 aliphatic carbocycles. The van der Waals surface area contributed by atoms with Crippen molar-refractivity contribution in [3.05, 3.63) is 59.9 Å². The molecule has 1 atom stereocenters. The van der Waals surface area contributed by atoms with Gasteiger partial charge in [-0.1, -0.05) is 18.2 Å². The molecule has 0 saturated heterocycles. The Morgan fingerprint density at radius 2 is 1.95 bits per heavy atom. The molecule has 98 valence electrons. The average Bonchev–Trinajstić information content (AvgIpc) is 2.48. The van der Waals surface area contributed by atoms with Gasteiger partial charge in [-0.15, -0.1) is 0 Å². The maximum absolute atomic E-state index is 6.18. The van der Waals surface area contributed by atoms with Crippen molar-refractivity contribution in [2.24, 2.45) is 5.73 Å². The van der Waals surface area contributed by atoms with Crippen LogP contribution in [0.15, 0.2) is 48.8 Å². The molecule has 0 bridgehead atoms. The molecule has 0 spiro atoms. The predicted octanol–water partition coefficient (Wildman–Crippen LogP) is 2.53. The molecule has 2 aromatic rings. The van der Waals surface area contributed by atoms with E-state index in [2.05, 4.69) is 46.3 Å². The molecule has 1 unspecified atom stereocenters. The van der Waals surface area contributed by atoms with Crippen LogP contribution in [0.2, 0.25) is 0 Å². The summed E-state index contributed by atoms with van der Waals surface area (Å²) >= 11 is 0. The van der Waals surface area contributed by atoms with E-state index >= 15 is 0 Å². The summed E-state index contributed by atoms with van der Waals surface area (Å²) < 4.78 is 0. The predicted molar refractivity (Wildman–Crippen MR) is 78.1 cm³/mol. The van der Waals surface area contributed by atoms with Crippen molar-refractivity contribution < 1.29 is 0 Å². The zero-order valence-electron chi connectivity index (χ0n) is 11.0. The van der Waals surface area contributed by atoms with E-state index in [1.807, 2.05) is 12.4 Å². The minimum atomic E-state index is 0.188. The topological polar surface area (TPSA) is 42.1 Å². The minimum Gasteiger partial charge on any atom is -0.371 e. The molecule has 2 N–H and O–H groups in total. The van der Waals surface area contributed by atoms with Crippen LogP contribution >= 0.6 is 0 Å². The fraction of sp³-hybridized carbons (Fsp3) is 0.312. The number of pyridine rings is 1. The first kappa shape index (κ1) is 12.2. The second kappa shape index (κ2) is 5.41. The second-order valence-electron chi connectivity index (χ2n) is 5.05. The molecule has 1 aromatic carbocycles. The molecule has 19 heavy (non-hydrogen) atoms. The van der Waals surface area contributed by atoms with Crippen LogP contribution < -0.4 is 10.6 Å². The first-order valence-corrected chi connectivity index (χ1v) is 6.83. The van der Waals surface area contributed by atoms with Gasteiger partial charge in [0.25, 0.3) is 0 Å². The third kappa shape index (κ3) is 2.61. The van der Waals surface area contributed by atoms with Crippen molar-refractivity contribution in [1.82, 2.24) is 4.98 Å². The van der Waals surface area contributed by atoms with Gasteiger partial charge in [0, 0.05) is 37.2 Å². The van der Waals surface area contributed by atoms with Crippen molar-refractivity contribution in [3.8, 4) is 0 Å². The zero-order valence-corrected chi connectivity index (χ0v) is 11.0. The van der Waals surface area contributed by atoms with Crippen LogP contribution in [0.25, 0.3) is 0 Å². The first-order chi connectivity index (χ1) is 9.34. The van der Waals surface area contributed by atoms with E-state index in [0.717, 1.165) is 25.9 Å². The summed E-state index contributed by atoms with van der Waals surface area (Å²) in [5.41, 5.74) is 10.1. The first-order valence-electron chi connectivity index (χ1n) is 6.83. The van der Waals surface area contributed by atoms with Crippen LogP contribution in [0.4, 0.5) is 5.69 Å². The molecule has 3 nitrogen and oxygen atoms in total. The van der Waals surface area contributed by atoms with Crippen LogP contribution in [-0.2, 0) is 6.42 Å². The highest BCUT2D eigenvalue weighted by atomic mass is 15.1. The lowest BCUT2D eigenvalue weighted by Crippen LogP contribution is -2.35. The van der Waals surface area contributed by atoms with E-state index in [1.165, 1.54) is 16.8 Å². The SMILES string of the molecule is NC1CCN(CCc2ccncc2)c2ccccc21. The van der Waals surface area contributed by atoms with Crippen LogP contribution in [-0.4, -0.2) is 18.1 Å². The molecule has 0 amide bonds. The smallest absolute Gasteiger partial charge is 0.0414 e. The van der Waals surface area contributed by atoms with E-state index in [0.29, 0.717) is 0 Å². The summed E-state index contributed by atoms with van der Waals surface area (Å²) in [6.45, 7) is 2.08. The van der Waals surface area contributed by atoms with Crippen molar-refractivity contribution in [2.45, 2.75) is 18.9 Å². The van der Waals surface area contributed by atoms with Gasteiger partial charge in [0.1, 0.15) is 0 Å². The van der Waals surface area contributed by atoms with E-state index in [9.17, 15) is 0 Å². The summed E-state index contributed by atoms with van der Waals surface area (Å²) in [7, 11) is 0. The fourth-order valence-corrected chi connectivity index (χ4v) is 2.71. The number of aromatic nitrogens is 1. The monoisotopic (exact) mass is 253 g/mol. The van der Waals surface area contributed by atoms with Crippen molar-refractivity contribution in [3.63, 3.8) is 0 Å². The number of nitrogens with zero attached hydrogens (tertiary/aromatic N) is 2. The van der Waals surface area contributed by atoms with Crippen molar-refractivity contribution >= 4 is 5.69 Å². The minimum absolute atomic E-state index is 0.188. The summed E-state index contributed by atoms with van der Waals surface area (Å²) in [5.74, 6) is 0. The quantitative estimate of drug-likeness (QED) is 0.914. The van der Waals surface area contributed by atoms with Gasteiger partial charge in [-0.2, -0.15) is 0 Å². The molecule has 3 rings (SSSR count). The summed E-state index contributed by atoms with van der Waals surface area (Å²) in [6, 6.07) is 12.9. The maximum Gasteiger partial charge on any atom is 0.0414 e. The number of fused-ring (bicyclic) bond motifs is 1. The van der Waals surface area contributed by atoms with Gasteiger partial charge in [0.05, 0.1) is 0 Å². The van der Waals surface area contributed by atoms with Gasteiger partial charge in [-0.25, -0.2) is 0 Å². The number of nitrogens with two attached hydrogens (primary N) is 1. The number of hydrogen-bond donors (Lipinski definition) is 1. The van der Waals surface area contributed by atoms with Crippen LogP contribution in [0, 0.1) is 0 Å². The molecule has 0 radical (unpaired) electrons. The summed E-state index contributed by atoms with van der Waals surface area (Å²) in [5, 5.41) is 0. The molecule has 0 saturated carbocycles. The summed E-state index contributed by atoms with van der Waals surface area (Å²) in [6.07, 6.45) is 5.80. The fourth-order valence-electron chi connectivity index (χ4n) is 2.71. The molecule has 1 aromatic heterocycles.